The highest BCUT2D eigenvalue weighted by Crippen LogP contribution is 2.11. The van der Waals surface area contributed by atoms with Crippen molar-refractivity contribution in [1.29, 1.82) is 0 Å². The van der Waals surface area contributed by atoms with E-state index in [2.05, 4.69) is 10.6 Å². The maximum atomic E-state index is 12.1. The summed E-state index contributed by atoms with van der Waals surface area (Å²) < 4.78 is 5.40. The smallest absolute Gasteiger partial charge is 0.426 e. The van der Waals surface area contributed by atoms with E-state index >= 15 is 0 Å². The van der Waals surface area contributed by atoms with E-state index in [-0.39, 0.29) is 17.9 Å². The zero-order valence-electron chi connectivity index (χ0n) is 13.5. The Kier molecular flexibility index (Phi) is 7.85. The highest BCUT2D eigenvalue weighted by atomic mass is 16.5. The van der Waals surface area contributed by atoms with Gasteiger partial charge in [0.15, 0.2) is 0 Å². The Balaban J connectivity index is 2.42. The van der Waals surface area contributed by atoms with Crippen LogP contribution in [0, 0.1) is 11.8 Å². The molecule has 1 heterocycles. The van der Waals surface area contributed by atoms with Gasteiger partial charge in [-0.3, -0.25) is 9.59 Å². The monoisotopic (exact) mass is 314 g/mol. The molecule has 1 rings (SSSR count). The molecule has 2 unspecified atom stereocenters. The van der Waals surface area contributed by atoms with E-state index in [1.165, 1.54) is 6.92 Å². The van der Waals surface area contributed by atoms with Crippen LogP contribution in [0.2, 0.25) is 0 Å². The fraction of sp³-hybridized carbons (Fsp3) is 0.857. The highest BCUT2D eigenvalue weighted by Gasteiger charge is 2.30. The summed E-state index contributed by atoms with van der Waals surface area (Å²) in [7, 11) is -1.64. The summed E-state index contributed by atoms with van der Waals surface area (Å²) in [6.07, 6.45) is 2.34. The van der Waals surface area contributed by atoms with Crippen LogP contribution in [0.4, 0.5) is 0 Å². The second kappa shape index (κ2) is 9.12. The molecule has 0 saturated carbocycles. The average molecular weight is 314 g/mol. The van der Waals surface area contributed by atoms with Gasteiger partial charge in [-0.05, 0) is 32.1 Å². The van der Waals surface area contributed by atoms with E-state index in [1.54, 1.807) is 0 Å². The van der Waals surface area contributed by atoms with E-state index in [4.69, 9.17) is 4.74 Å². The third-order valence-corrected chi connectivity index (χ3v) is 3.73. The van der Waals surface area contributed by atoms with Gasteiger partial charge in [-0.1, -0.05) is 13.8 Å². The molecular weight excluding hydrogens is 287 g/mol. The van der Waals surface area contributed by atoms with Gasteiger partial charge in [0.05, 0.1) is 12.0 Å². The Morgan fingerprint density at radius 2 is 1.95 bits per heavy atom. The number of carbonyl (C=O) groups is 2. The normalized spacial score (nSPS) is 20.5. The van der Waals surface area contributed by atoms with E-state index in [9.17, 15) is 19.6 Å². The maximum absolute atomic E-state index is 12.1. The first-order valence-electron chi connectivity index (χ1n) is 7.87. The molecule has 0 radical (unpaired) electrons. The summed E-state index contributed by atoms with van der Waals surface area (Å²) >= 11 is 0. The molecule has 0 aliphatic carbocycles. The van der Waals surface area contributed by atoms with Gasteiger partial charge in [-0.2, -0.15) is 0 Å². The standard InChI is InChI=1S/C14H27BN2O5/c1-9(2)7-12(15(20)21)17-14(19)10(3)13(18)16-8-11-5-4-6-22-11/h9-12,20-21H,4-8H2,1-3H3,(H,16,18)(H,17,19)/t10?,11?,12-/m0/s1. The van der Waals surface area contributed by atoms with Crippen molar-refractivity contribution in [3.8, 4) is 0 Å². The number of ether oxygens (including phenoxy) is 1. The second-order valence-corrected chi connectivity index (χ2v) is 6.26. The first-order chi connectivity index (χ1) is 10.3. The van der Waals surface area contributed by atoms with Crippen molar-refractivity contribution in [3.05, 3.63) is 0 Å². The second-order valence-electron chi connectivity index (χ2n) is 6.26. The average Bonchev–Trinajstić information content (AvgIpc) is 2.95. The van der Waals surface area contributed by atoms with E-state index < -0.39 is 24.9 Å². The van der Waals surface area contributed by atoms with Crippen LogP contribution in [-0.4, -0.2) is 54.2 Å². The minimum atomic E-state index is -1.64. The van der Waals surface area contributed by atoms with Gasteiger partial charge in [0.2, 0.25) is 11.8 Å². The predicted molar refractivity (Wildman–Crippen MR) is 82.7 cm³/mol. The first-order valence-corrected chi connectivity index (χ1v) is 7.87. The van der Waals surface area contributed by atoms with Crippen molar-refractivity contribution in [2.24, 2.45) is 11.8 Å². The summed E-state index contributed by atoms with van der Waals surface area (Å²) in [5, 5.41) is 23.8. The number of nitrogens with one attached hydrogen (secondary N) is 2. The predicted octanol–water partition coefficient (Wildman–Crippen LogP) is -0.539. The van der Waals surface area contributed by atoms with Crippen LogP contribution < -0.4 is 10.6 Å². The van der Waals surface area contributed by atoms with Gasteiger partial charge in [0, 0.05) is 13.2 Å². The molecule has 126 valence electrons. The SMILES string of the molecule is CC(C)C[C@H](NC(=O)C(C)C(=O)NCC1CCCO1)B(O)O. The number of rotatable bonds is 8. The molecule has 0 aromatic heterocycles. The zero-order valence-corrected chi connectivity index (χ0v) is 13.5. The molecule has 22 heavy (non-hydrogen) atoms. The van der Waals surface area contributed by atoms with Gasteiger partial charge < -0.3 is 25.4 Å². The van der Waals surface area contributed by atoms with Crippen molar-refractivity contribution in [2.45, 2.75) is 52.1 Å². The van der Waals surface area contributed by atoms with Crippen molar-refractivity contribution >= 4 is 18.9 Å². The number of hydrogen-bond donors (Lipinski definition) is 4. The number of hydrogen-bond acceptors (Lipinski definition) is 5. The summed E-state index contributed by atoms with van der Waals surface area (Å²) in [5.74, 6) is -2.38. The Labute approximate surface area is 131 Å². The maximum Gasteiger partial charge on any atom is 0.475 e. The lowest BCUT2D eigenvalue weighted by Gasteiger charge is -2.22. The molecule has 0 aromatic carbocycles. The molecule has 7 nitrogen and oxygen atoms in total. The zero-order chi connectivity index (χ0) is 16.7. The Morgan fingerprint density at radius 3 is 2.45 bits per heavy atom. The molecule has 2 amide bonds. The van der Waals surface area contributed by atoms with Gasteiger partial charge in [-0.25, -0.2) is 0 Å². The Morgan fingerprint density at radius 1 is 1.27 bits per heavy atom. The molecule has 0 bridgehead atoms. The van der Waals surface area contributed by atoms with Crippen LogP contribution >= 0.6 is 0 Å². The molecule has 3 atom stereocenters. The fourth-order valence-electron chi connectivity index (χ4n) is 2.36. The third kappa shape index (κ3) is 6.33. The van der Waals surface area contributed by atoms with Crippen LogP contribution in [0.5, 0.6) is 0 Å². The minimum absolute atomic E-state index is 0.0205. The Bertz CT molecular complexity index is 372. The van der Waals surface area contributed by atoms with E-state index in [0.717, 1.165) is 12.8 Å². The summed E-state index contributed by atoms with van der Waals surface area (Å²) in [6, 6.07) is 0. The topological polar surface area (TPSA) is 108 Å². The lowest BCUT2D eigenvalue weighted by atomic mass is 9.75. The summed E-state index contributed by atoms with van der Waals surface area (Å²) in [4.78, 5) is 24.0. The van der Waals surface area contributed by atoms with Crippen molar-refractivity contribution in [1.82, 2.24) is 10.6 Å². The lowest BCUT2D eigenvalue weighted by Crippen LogP contribution is -2.51. The van der Waals surface area contributed by atoms with Crippen molar-refractivity contribution in [3.63, 3.8) is 0 Å². The van der Waals surface area contributed by atoms with Crippen LogP contribution in [0.15, 0.2) is 0 Å². The van der Waals surface area contributed by atoms with Gasteiger partial charge in [0.25, 0.3) is 0 Å². The Hall–Kier alpha value is -1.12. The largest absolute Gasteiger partial charge is 0.475 e. The minimum Gasteiger partial charge on any atom is -0.426 e. The lowest BCUT2D eigenvalue weighted by molar-refractivity contribution is -0.135. The molecule has 1 aliphatic rings. The van der Waals surface area contributed by atoms with Crippen LogP contribution in [0.25, 0.3) is 0 Å². The molecule has 1 saturated heterocycles. The first kappa shape index (κ1) is 18.9. The van der Waals surface area contributed by atoms with Gasteiger partial charge in [-0.15, -0.1) is 0 Å². The van der Waals surface area contributed by atoms with E-state index in [1.807, 2.05) is 13.8 Å². The third-order valence-electron chi connectivity index (χ3n) is 3.73. The van der Waals surface area contributed by atoms with Crippen LogP contribution in [0.1, 0.15) is 40.0 Å². The van der Waals surface area contributed by atoms with Crippen LogP contribution in [0.3, 0.4) is 0 Å². The van der Waals surface area contributed by atoms with Gasteiger partial charge >= 0.3 is 7.12 Å². The fourth-order valence-corrected chi connectivity index (χ4v) is 2.36. The summed E-state index contributed by atoms with van der Waals surface area (Å²) in [5.41, 5.74) is 0. The molecule has 1 fully saturated rings. The van der Waals surface area contributed by atoms with Crippen molar-refractivity contribution < 1.29 is 24.4 Å². The van der Waals surface area contributed by atoms with Gasteiger partial charge in [0.1, 0.15) is 5.92 Å². The molecule has 8 heteroatoms. The molecule has 0 spiro atoms. The summed E-state index contributed by atoms with van der Waals surface area (Å²) in [6.45, 7) is 6.44. The molecule has 1 aliphatic heterocycles. The number of carbonyl (C=O) groups excluding carboxylic acids is 2. The van der Waals surface area contributed by atoms with Crippen molar-refractivity contribution in [2.75, 3.05) is 13.2 Å². The molecular formula is C14H27BN2O5. The number of amides is 2. The molecule has 0 aromatic rings. The quantitative estimate of drug-likeness (QED) is 0.355. The highest BCUT2D eigenvalue weighted by molar-refractivity contribution is 6.43. The van der Waals surface area contributed by atoms with E-state index in [0.29, 0.717) is 19.6 Å². The molecule has 4 N–H and O–H groups in total. The van der Waals surface area contributed by atoms with Crippen LogP contribution in [-0.2, 0) is 14.3 Å².